The van der Waals surface area contributed by atoms with Crippen LogP contribution in [0.2, 0.25) is 0 Å². The van der Waals surface area contributed by atoms with Gasteiger partial charge < -0.3 is 10.1 Å². The minimum atomic E-state index is -0.0886. The lowest BCUT2D eigenvalue weighted by Gasteiger charge is -2.25. The zero-order valence-electron chi connectivity index (χ0n) is 13.3. The number of aryl methyl sites for hydroxylation is 2. The van der Waals surface area contributed by atoms with E-state index in [-0.39, 0.29) is 5.60 Å². The minimum absolute atomic E-state index is 0.0886. The van der Waals surface area contributed by atoms with Gasteiger partial charge in [-0.15, -0.1) is 0 Å². The van der Waals surface area contributed by atoms with Crippen LogP contribution in [-0.4, -0.2) is 34.6 Å². The van der Waals surface area contributed by atoms with Gasteiger partial charge in [-0.3, -0.25) is 4.68 Å². The molecule has 0 fully saturated rings. The maximum absolute atomic E-state index is 5.90. The number of rotatable bonds is 7. The van der Waals surface area contributed by atoms with E-state index in [1.807, 2.05) is 11.7 Å². The minimum Gasteiger partial charge on any atom is -0.374 e. The van der Waals surface area contributed by atoms with E-state index in [1.165, 1.54) is 5.69 Å². The topological polar surface area (TPSA) is 39.1 Å². The lowest BCUT2D eigenvalue weighted by atomic mass is 10.1. The van der Waals surface area contributed by atoms with E-state index in [1.54, 1.807) is 0 Å². The molecule has 1 aromatic rings. The van der Waals surface area contributed by atoms with Crippen molar-refractivity contribution in [1.82, 2.24) is 15.1 Å². The van der Waals surface area contributed by atoms with Crippen molar-refractivity contribution < 1.29 is 4.74 Å². The average molecular weight is 267 g/mol. The van der Waals surface area contributed by atoms with E-state index in [0.29, 0.717) is 6.04 Å². The summed E-state index contributed by atoms with van der Waals surface area (Å²) in [6.07, 6.45) is 1.94. The molecule has 1 atom stereocenters. The van der Waals surface area contributed by atoms with Crippen LogP contribution in [0.25, 0.3) is 0 Å². The SMILES string of the molecule is CCNC(COC(C)(C)C)Cc1cc(CC)nn1C. The molecule has 19 heavy (non-hydrogen) atoms. The largest absolute Gasteiger partial charge is 0.374 e. The highest BCUT2D eigenvalue weighted by Gasteiger charge is 2.17. The molecule has 1 N–H and O–H groups in total. The van der Waals surface area contributed by atoms with Gasteiger partial charge in [0, 0.05) is 25.2 Å². The second kappa shape index (κ2) is 7.06. The molecule has 0 bridgehead atoms. The lowest BCUT2D eigenvalue weighted by molar-refractivity contribution is -0.0143. The molecule has 1 aromatic heterocycles. The Balaban J connectivity index is 2.63. The summed E-state index contributed by atoms with van der Waals surface area (Å²) in [5.74, 6) is 0. The molecule has 1 unspecified atom stereocenters. The molecule has 0 aliphatic heterocycles. The van der Waals surface area contributed by atoms with Gasteiger partial charge in [-0.1, -0.05) is 13.8 Å². The van der Waals surface area contributed by atoms with Crippen molar-refractivity contribution in [3.05, 3.63) is 17.5 Å². The zero-order chi connectivity index (χ0) is 14.5. The van der Waals surface area contributed by atoms with Crippen molar-refractivity contribution in [3.8, 4) is 0 Å². The van der Waals surface area contributed by atoms with Crippen LogP contribution in [0.15, 0.2) is 6.07 Å². The second-order valence-corrected chi connectivity index (χ2v) is 5.99. The summed E-state index contributed by atoms with van der Waals surface area (Å²) in [7, 11) is 2.02. The highest BCUT2D eigenvalue weighted by Crippen LogP contribution is 2.11. The number of nitrogens with zero attached hydrogens (tertiary/aromatic N) is 2. The predicted molar refractivity (Wildman–Crippen MR) is 79.5 cm³/mol. The summed E-state index contributed by atoms with van der Waals surface area (Å²) in [6.45, 7) is 12.2. The van der Waals surface area contributed by atoms with E-state index in [0.717, 1.165) is 31.7 Å². The fourth-order valence-corrected chi connectivity index (χ4v) is 2.02. The third-order valence-electron chi connectivity index (χ3n) is 3.06. The van der Waals surface area contributed by atoms with Gasteiger partial charge in [-0.2, -0.15) is 5.10 Å². The molecular formula is C15H29N3O. The predicted octanol–water partition coefficient (Wildman–Crippen LogP) is 2.32. The van der Waals surface area contributed by atoms with Gasteiger partial charge >= 0.3 is 0 Å². The lowest BCUT2D eigenvalue weighted by Crippen LogP contribution is -2.38. The Morgan fingerprint density at radius 1 is 1.37 bits per heavy atom. The van der Waals surface area contributed by atoms with Gasteiger partial charge in [0.05, 0.1) is 17.9 Å². The smallest absolute Gasteiger partial charge is 0.0630 e. The van der Waals surface area contributed by atoms with Gasteiger partial charge in [0.15, 0.2) is 0 Å². The number of hydrogen-bond donors (Lipinski definition) is 1. The van der Waals surface area contributed by atoms with Crippen LogP contribution in [0.5, 0.6) is 0 Å². The van der Waals surface area contributed by atoms with E-state index >= 15 is 0 Å². The first-order valence-electron chi connectivity index (χ1n) is 7.24. The van der Waals surface area contributed by atoms with Crippen LogP contribution in [-0.2, 0) is 24.6 Å². The van der Waals surface area contributed by atoms with Crippen LogP contribution in [0.4, 0.5) is 0 Å². The molecule has 4 heteroatoms. The van der Waals surface area contributed by atoms with Crippen LogP contribution >= 0.6 is 0 Å². The molecule has 4 nitrogen and oxygen atoms in total. The Morgan fingerprint density at radius 3 is 2.53 bits per heavy atom. The van der Waals surface area contributed by atoms with Crippen molar-refractivity contribution in [2.24, 2.45) is 7.05 Å². The number of nitrogens with one attached hydrogen (secondary N) is 1. The Hall–Kier alpha value is -0.870. The second-order valence-electron chi connectivity index (χ2n) is 5.99. The van der Waals surface area contributed by atoms with E-state index in [2.05, 4.69) is 51.1 Å². The Morgan fingerprint density at radius 2 is 2.05 bits per heavy atom. The van der Waals surface area contributed by atoms with Crippen LogP contribution in [0.3, 0.4) is 0 Å². The first-order valence-corrected chi connectivity index (χ1v) is 7.24. The van der Waals surface area contributed by atoms with Crippen molar-refractivity contribution in [1.29, 1.82) is 0 Å². The highest BCUT2D eigenvalue weighted by molar-refractivity contribution is 5.11. The number of hydrogen-bond acceptors (Lipinski definition) is 3. The van der Waals surface area contributed by atoms with Gasteiger partial charge in [0.2, 0.25) is 0 Å². The van der Waals surface area contributed by atoms with Gasteiger partial charge in [-0.05, 0) is 39.8 Å². The molecule has 0 saturated carbocycles. The van der Waals surface area contributed by atoms with Crippen LogP contribution in [0, 0.1) is 0 Å². The van der Waals surface area contributed by atoms with Crippen molar-refractivity contribution in [3.63, 3.8) is 0 Å². The van der Waals surface area contributed by atoms with Crippen LogP contribution in [0.1, 0.15) is 46.0 Å². The Kier molecular flexibility index (Phi) is 6.01. The quantitative estimate of drug-likeness (QED) is 0.824. The molecule has 110 valence electrons. The molecule has 0 aliphatic rings. The zero-order valence-corrected chi connectivity index (χ0v) is 13.3. The molecule has 0 aromatic carbocycles. The maximum atomic E-state index is 5.90. The Bertz CT molecular complexity index is 379. The standard InChI is InChI=1S/C15H29N3O/c1-7-12-9-14(18(6)17-12)10-13(16-8-2)11-19-15(3,4)5/h9,13,16H,7-8,10-11H2,1-6H3. The van der Waals surface area contributed by atoms with E-state index in [9.17, 15) is 0 Å². The molecule has 0 aliphatic carbocycles. The number of ether oxygens (including phenoxy) is 1. The summed E-state index contributed by atoms with van der Waals surface area (Å²) < 4.78 is 7.88. The van der Waals surface area contributed by atoms with Crippen molar-refractivity contribution in [2.75, 3.05) is 13.2 Å². The maximum Gasteiger partial charge on any atom is 0.0630 e. The summed E-state index contributed by atoms with van der Waals surface area (Å²) >= 11 is 0. The first kappa shape index (κ1) is 16.2. The summed E-state index contributed by atoms with van der Waals surface area (Å²) in [5, 5.41) is 7.99. The number of likely N-dealkylation sites (N-methyl/N-ethyl adjacent to an activating group) is 1. The molecule has 1 rings (SSSR count). The summed E-state index contributed by atoms with van der Waals surface area (Å²) in [4.78, 5) is 0. The summed E-state index contributed by atoms with van der Waals surface area (Å²) in [6, 6.07) is 2.53. The van der Waals surface area contributed by atoms with Crippen molar-refractivity contribution >= 4 is 0 Å². The van der Waals surface area contributed by atoms with Gasteiger partial charge in [-0.25, -0.2) is 0 Å². The number of aromatic nitrogens is 2. The average Bonchev–Trinajstić information content (AvgIpc) is 2.66. The van der Waals surface area contributed by atoms with E-state index in [4.69, 9.17) is 4.74 Å². The normalized spacial score (nSPS) is 13.8. The third-order valence-corrected chi connectivity index (χ3v) is 3.06. The molecule has 0 spiro atoms. The molecule has 0 radical (unpaired) electrons. The van der Waals surface area contributed by atoms with Gasteiger partial charge in [0.25, 0.3) is 0 Å². The van der Waals surface area contributed by atoms with E-state index < -0.39 is 0 Å². The highest BCUT2D eigenvalue weighted by atomic mass is 16.5. The summed E-state index contributed by atoms with van der Waals surface area (Å²) in [5.41, 5.74) is 2.33. The third kappa shape index (κ3) is 5.74. The molecular weight excluding hydrogens is 238 g/mol. The Labute approximate surface area is 117 Å². The van der Waals surface area contributed by atoms with Gasteiger partial charge in [0.1, 0.15) is 0 Å². The van der Waals surface area contributed by atoms with Crippen LogP contribution < -0.4 is 5.32 Å². The fraction of sp³-hybridized carbons (Fsp3) is 0.800. The molecule has 0 saturated heterocycles. The molecule has 0 amide bonds. The monoisotopic (exact) mass is 267 g/mol. The fourth-order valence-electron chi connectivity index (χ4n) is 2.02. The molecule has 1 heterocycles. The van der Waals surface area contributed by atoms with Crippen molar-refractivity contribution in [2.45, 2.75) is 59.1 Å². The first-order chi connectivity index (χ1) is 8.85.